The van der Waals surface area contributed by atoms with Crippen LogP contribution in [0, 0.1) is 0 Å². The highest BCUT2D eigenvalue weighted by Gasteiger charge is 2.23. The first-order valence-electron chi connectivity index (χ1n) is 15.8. The molecule has 45 heavy (non-hydrogen) atoms. The lowest BCUT2D eigenvalue weighted by Gasteiger charge is -2.21. The Bertz CT molecular complexity index is 2400. The lowest BCUT2D eigenvalue weighted by molar-refractivity contribution is 0.669. The van der Waals surface area contributed by atoms with E-state index < -0.39 is 0 Å². The fourth-order valence-electron chi connectivity index (χ4n) is 7.31. The second kappa shape index (κ2) is 10.5. The van der Waals surface area contributed by atoms with Crippen molar-refractivity contribution in [2.45, 2.75) is 12.8 Å². The van der Waals surface area contributed by atoms with Gasteiger partial charge in [-0.15, -0.1) is 0 Å². The monoisotopic (exact) mass is 574 g/mol. The summed E-state index contributed by atoms with van der Waals surface area (Å²) in [6.45, 7) is 0. The number of para-hydroxylation sites is 1. The van der Waals surface area contributed by atoms with E-state index in [1.165, 1.54) is 71.4 Å². The maximum absolute atomic E-state index is 6.42. The number of hydrogen-bond donors (Lipinski definition) is 0. The predicted molar refractivity (Wildman–Crippen MR) is 191 cm³/mol. The van der Waals surface area contributed by atoms with Gasteiger partial charge in [-0.1, -0.05) is 140 Å². The second-order valence-electron chi connectivity index (χ2n) is 11.9. The molecule has 1 aliphatic rings. The van der Waals surface area contributed by atoms with Gasteiger partial charge < -0.3 is 4.42 Å². The van der Waals surface area contributed by atoms with Gasteiger partial charge in [0.2, 0.25) is 0 Å². The van der Waals surface area contributed by atoms with Crippen LogP contribution in [0.2, 0.25) is 0 Å². The molecule has 0 N–H and O–H groups in total. The average molecular weight is 575 g/mol. The van der Waals surface area contributed by atoms with E-state index in [2.05, 4.69) is 158 Å². The number of allylic oxidation sites excluding steroid dienone is 4. The molecule has 212 valence electrons. The second-order valence-corrected chi connectivity index (χ2v) is 11.9. The molecule has 0 aliphatic heterocycles. The summed E-state index contributed by atoms with van der Waals surface area (Å²) in [7, 11) is 0. The van der Waals surface area contributed by atoms with Crippen LogP contribution in [0.25, 0.3) is 82.4 Å². The number of benzene rings is 7. The van der Waals surface area contributed by atoms with E-state index in [1.54, 1.807) is 0 Å². The molecule has 0 bridgehead atoms. The number of rotatable bonds is 4. The standard InChI is InChI=1S/C44H30O/c1-3-13-29(14-4-1)30-23-25-32(26-24-30)41-33-17-7-9-19-35(33)43(36-20-10-8-18-34(36)41)38-27-28-40-44(37-21-11-12-22-39(37)45-40)42(38)31-15-5-2-6-16-31/h1,3-5,7-28H,2,6H2. The van der Waals surface area contributed by atoms with Crippen LogP contribution >= 0.6 is 0 Å². The smallest absolute Gasteiger partial charge is 0.136 e. The van der Waals surface area contributed by atoms with Gasteiger partial charge >= 0.3 is 0 Å². The molecular weight excluding hydrogens is 544 g/mol. The lowest BCUT2D eigenvalue weighted by atomic mass is 9.82. The third kappa shape index (κ3) is 4.16. The van der Waals surface area contributed by atoms with E-state index in [4.69, 9.17) is 4.42 Å². The first-order valence-corrected chi connectivity index (χ1v) is 15.8. The fourth-order valence-corrected chi connectivity index (χ4v) is 7.31. The Labute approximate surface area is 262 Å². The molecule has 8 aromatic rings. The first kappa shape index (κ1) is 25.8. The van der Waals surface area contributed by atoms with Gasteiger partial charge in [0.25, 0.3) is 0 Å². The molecule has 0 spiro atoms. The third-order valence-corrected chi connectivity index (χ3v) is 9.31. The largest absolute Gasteiger partial charge is 0.456 e. The molecule has 0 amide bonds. The van der Waals surface area contributed by atoms with Crippen molar-refractivity contribution in [2.75, 3.05) is 0 Å². The zero-order chi connectivity index (χ0) is 29.7. The molecule has 9 rings (SSSR count). The summed E-state index contributed by atoms with van der Waals surface area (Å²) in [5.74, 6) is 0. The molecule has 0 fully saturated rings. The minimum Gasteiger partial charge on any atom is -0.456 e. The summed E-state index contributed by atoms with van der Waals surface area (Å²) in [6.07, 6.45) is 9.11. The highest BCUT2D eigenvalue weighted by atomic mass is 16.3. The van der Waals surface area contributed by atoms with E-state index in [-0.39, 0.29) is 0 Å². The molecule has 0 radical (unpaired) electrons. The normalized spacial score (nSPS) is 13.2. The Morgan fingerprint density at radius 3 is 1.64 bits per heavy atom. The van der Waals surface area contributed by atoms with Crippen LogP contribution in [0.3, 0.4) is 0 Å². The van der Waals surface area contributed by atoms with Crippen molar-refractivity contribution >= 4 is 49.1 Å². The predicted octanol–water partition coefficient (Wildman–Crippen LogP) is 12.6. The van der Waals surface area contributed by atoms with Crippen LogP contribution in [0.4, 0.5) is 0 Å². The van der Waals surface area contributed by atoms with E-state index in [9.17, 15) is 0 Å². The Morgan fingerprint density at radius 2 is 0.978 bits per heavy atom. The zero-order valence-corrected chi connectivity index (χ0v) is 24.8. The Hall–Kier alpha value is -5.66. The number of fused-ring (bicyclic) bond motifs is 5. The van der Waals surface area contributed by atoms with E-state index >= 15 is 0 Å². The molecule has 7 aromatic carbocycles. The molecule has 1 heterocycles. The lowest BCUT2D eigenvalue weighted by Crippen LogP contribution is -1.96. The minimum atomic E-state index is 0.926. The van der Waals surface area contributed by atoms with Gasteiger partial charge in [-0.2, -0.15) is 0 Å². The molecule has 0 unspecified atom stereocenters. The Morgan fingerprint density at radius 1 is 0.400 bits per heavy atom. The molecule has 0 atom stereocenters. The summed E-state index contributed by atoms with van der Waals surface area (Å²) >= 11 is 0. The van der Waals surface area contributed by atoms with Gasteiger partial charge in [0, 0.05) is 16.3 Å². The third-order valence-electron chi connectivity index (χ3n) is 9.31. The summed E-state index contributed by atoms with van der Waals surface area (Å²) in [6, 6.07) is 50.4. The van der Waals surface area contributed by atoms with Gasteiger partial charge in [0.05, 0.1) is 0 Å². The van der Waals surface area contributed by atoms with Crippen LogP contribution in [-0.2, 0) is 0 Å². The van der Waals surface area contributed by atoms with Crippen LogP contribution in [0.1, 0.15) is 18.4 Å². The molecule has 1 aromatic heterocycles. The topological polar surface area (TPSA) is 13.1 Å². The van der Waals surface area contributed by atoms with Gasteiger partial charge in [-0.3, -0.25) is 0 Å². The van der Waals surface area contributed by atoms with Gasteiger partial charge in [-0.05, 0) is 91.5 Å². The summed E-state index contributed by atoms with van der Waals surface area (Å²) in [5, 5.41) is 7.38. The zero-order valence-electron chi connectivity index (χ0n) is 24.8. The summed E-state index contributed by atoms with van der Waals surface area (Å²) < 4.78 is 6.42. The quantitative estimate of drug-likeness (QED) is 0.191. The van der Waals surface area contributed by atoms with Crippen molar-refractivity contribution in [3.8, 4) is 33.4 Å². The maximum atomic E-state index is 6.42. The highest BCUT2D eigenvalue weighted by Crippen LogP contribution is 2.48. The van der Waals surface area contributed by atoms with Gasteiger partial charge in [0.1, 0.15) is 11.2 Å². The van der Waals surface area contributed by atoms with E-state index in [0.29, 0.717) is 0 Å². The number of hydrogen-bond acceptors (Lipinski definition) is 1. The van der Waals surface area contributed by atoms with Crippen LogP contribution in [0.15, 0.2) is 162 Å². The van der Waals surface area contributed by atoms with E-state index in [0.717, 1.165) is 29.4 Å². The highest BCUT2D eigenvalue weighted by molar-refractivity contribution is 6.24. The minimum absolute atomic E-state index is 0.926. The molecular formula is C44H30O. The molecule has 0 saturated heterocycles. The van der Waals surface area contributed by atoms with Crippen molar-refractivity contribution in [1.29, 1.82) is 0 Å². The molecule has 1 aliphatic carbocycles. The van der Waals surface area contributed by atoms with Crippen molar-refractivity contribution in [2.24, 2.45) is 0 Å². The number of furan rings is 1. The van der Waals surface area contributed by atoms with Crippen LogP contribution in [0.5, 0.6) is 0 Å². The fraction of sp³-hybridized carbons (Fsp3) is 0.0455. The first-order chi connectivity index (χ1) is 22.3. The van der Waals surface area contributed by atoms with Gasteiger partial charge in [-0.25, -0.2) is 0 Å². The van der Waals surface area contributed by atoms with Crippen molar-refractivity contribution < 1.29 is 4.42 Å². The maximum Gasteiger partial charge on any atom is 0.136 e. The average Bonchev–Trinajstić information content (AvgIpc) is 3.50. The van der Waals surface area contributed by atoms with E-state index in [1.807, 2.05) is 0 Å². The van der Waals surface area contributed by atoms with Crippen molar-refractivity contribution in [3.63, 3.8) is 0 Å². The Balaban J connectivity index is 1.37. The SMILES string of the molecule is C1=CC(c2c(-c3c4ccccc4c(-c4ccc(-c5ccccc5)cc4)c4ccccc34)ccc3oc4ccccc4c23)=CCC1. The molecule has 1 nitrogen and oxygen atoms in total. The summed E-state index contributed by atoms with van der Waals surface area (Å²) in [4.78, 5) is 0. The van der Waals surface area contributed by atoms with Crippen LogP contribution < -0.4 is 0 Å². The molecule has 1 heteroatoms. The summed E-state index contributed by atoms with van der Waals surface area (Å²) in [5.41, 5.74) is 11.8. The molecule has 0 saturated carbocycles. The van der Waals surface area contributed by atoms with Gasteiger partial charge in [0.15, 0.2) is 0 Å². The van der Waals surface area contributed by atoms with Crippen molar-refractivity contribution in [3.05, 3.63) is 163 Å². The van der Waals surface area contributed by atoms with Crippen molar-refractivity contribution in [1.82, 2.24) is 0 Å². The van der Waals surface area contributed by atoms with Crippen LogP contribution in [-0.4, -0.2) is 0 Å². The Kier molecular flexibility index (Phi) is 6.02.